The van der Waals surface area contributed by atoms with Crippen LogP contribution in [0.5, 0.6) is 0 Å². The number of rotatable bonds is 2. The molecule has 0 aromatic heterocycles. The van der Waals surface area contributed by atoms with E-state index in [2.05, 4.69) is 26.1 Å². The summed E-state index contributed by atoms with van der Waals surface area (Å²) in [6.45, 7) is 6.87. The standard InChI is InChI=1S/C26H34ClNO2/c1-23-13-9-20-24(2)11-4-12-25(3,22(30)28-18-7-5-17(27)6-8-18)19(24)10-14-26(20,16-23)15-21(23)29/h5-8,19-20H,4,9-16H2,1-3H3,(H,28,30)/t19?,20?,23-,24+,25+,26-/m0/s1. The second kappa shape index (κ2) is 6.58. The molecule has 0 radical (unpaired) electrons. The summed E-state index contributed by atoms with van der Waals surface area (Å²) in [7, 11) is 0. The van der Waals surface area contributed by atoms with E-state index in [0.717, 1.165) is 57.1 Å². The van der Waals surface area contributed by atoms with Crippen molar-refractivity contribution in [2.45, 2.75) is 78.6 Å². The molecule has 5 rings (SSSR count). The van der Waals surface area contributed by atoms with Crippen molar-refractivity contribution in [3.05, 3.63) is 29.3 Å². The number of fused-ring (bicyclic) bond motifs is 3. The van der Waals surface area contributed by atoms with Crippen LogP contribution in [-0.4, -0.2) is 11.7 Å². The first-order valence-electron chi connectivity index (χ1n) is 11.7. The van der Waals surface area contributed by atoms with Crippen LogP contribution in [0, 0.1) is 33.5 Å². The summed E-state index contributed by atoms with van der Waals surface area (Å²) in [5.74, 6) is 1.61. The molecule has 3 nitrogen and oxygen atoms in total. The second-order valence-electron chi connectivity index (χ2n) is 11.6. The van der Waals surface area contributed by atoms with Gasteiger partial charge in [-0.2, -0.15) is 0 Å². The number of hydrogen-bond acceptors (Lipinski definition) is 2. The van der Waals surface area contributed by atoms with Crippen LogP contribution in [0.3, 0.4) is 0 Å². The maximum Gasteiger partial charge on any atom is 0.230 e. The molecule has 2 bridgehead atoms. The van der Waals surface area contributed by atoms with Gasteiger partial charge in [-0.3, -0.25) is 9.59 Å². The first kappa shape index (κ1) is 20.5. The zero-order valence-corrected chi connectivity index (χ0v) is 19.3. The lowest BCUT2D eigenvalue weighted by Gasteiger charge is -2.64. The maximum atomic E-state index is 13.6. The predicted octanol–water partition coefficient (Wildman–Crippen LogP) is 6.65. The Kier molecular flexibility index (Phi) is 4.50. The van der Waals surface area contributed by atoms with E-state index in [0.29, 0.717) is 22.6 Å². The van der Waals surface area contributed by atoms with Crippen molar-refractivity contribution in [1.29, 1.82) is 0 Å². The smallest absolute Gasteiger partial charge is 0.230 e. The predicted molar refractivity (Wildman–Crippen MR) is 120 cm³/mol. The molecule has 4 fully saturated rings. The molecule has 0 saturated heterocycles. The van der Waals surface area contributed by atoms with Gasteiger partial charge in [0, 0.05) is 22.5 Å². The number of Topliss-reactive ketones (excluding diaryl/α,β-unsaturated/α-hetero) is 1. The summed E-state index contributed by atoms with van der Waals surface area (Å²) < 4.78 is 0. The van der Waals surface area contributed by atoms with Crippen molar-refractivity contribution in [3.63, 3.8) is 0 Å². The third-order valence-corrected chi connectivity index (χ3v) is 10.2. The van der Waals surface area contributed by atoms with Gasteiger partial charge in [-0.15, -0.1) is 0 Å². The van der Waals surface area contributed by atoms with Crippen LogP contribution < -0.4 is 5.32 Å². The molecule has 4 aliphatic carbocycles. The number of amides is 1. The number of carbonyl (C=O) groups excluding carboxylic acids is 2. The quantitative estimate of drug-likeness (QED) is 0.574. The molecule has 1 aromatic carbocycles. The topological polar surface area (TPSA) is 46.2 Å². The van der Waals surface area contributed by atoms with Gasteiger partial charge in [0.1, 0.15) is 5.78 Å². The SMILES string of the molecule is C[C@@]12CCC3[C@@](CCC4[C@@]3(C)CCC[C@@]4(C)C(=O)Nc3ccc(Cl)cc3)(CC1=O)C2. The molecular weight excluding hydrogens is 394 g/mol. The summed E-state index contributed by atoms with van der Waals surface area (Å²) in [6.07, 6.45) is 9.48. The van der Waals surface area contributed by atoms with Crippen LogP contribution in [0.4, 0.5) is 5.69 Å². The van der Waals surface area contributed by atoms with Crippen molar-refractivity contribution < 1.29 is 9.59 Å². The molecule has 2 unspecified atom stereocenters. The number of hydrogen-bond donors (Lipinski definition) is 1. The number of carbonyl (C=O) groups is 2. The minimum Gasteiger partial charge on any atom is -0.326 e. The molecule has 1 aromatic rings. The third kappa shape index (κ3) is 2.76. The van der Waals surface area contributed by atoms with Crippen LogP contribution >= 0.6 is 11.6 Å². The average Bonchev–Trinajstić information content (AvgIpc) is 2.87. The highest BCUT2D eigenvalue weighted by Crippen LogP contribution is 2.73. The Morgan fingerprint density at radius 1 is 1.00 bits per heavy atom. The van der Waals surface area contributed by atoms with E-state index in [9.17, 15) is 9.59 Å². The number of anilines is 1. The summed E-state index contributed by atoms with van der Waals surface area (Å²) in [5.41, 5.74) is 0.718. The van der Waals surface area contributed by atoms with Crippen molar-refractivity contribution in [3.8, 4) is 0 Å². The highest BCUT2D eigenvalue weighted by Gasteiger charge is 2.67. The molecule has 1 N–H and O–H groups in total. The number of nitrogens with one attached hydrogen (secondary N) is 1. The number of benzene rings is 1. The van der Waals surface area contributed by atoms with E-state index in [1.165, 1.54) is 6.42 Å². The Morgan fingerprint density at radius 3 is 2.43 bits per heavy atom. The third-order valence-electron chi connectivity index (χ3n) is 9.98. The van der Waals surface area contributed by atoms with Gasteiger partial charge in [-0.1, -0.05) is 38.8 Å². The Morgan fingerprint density at radius 2 is 1.70 bits per heavy atom. The van der Waals surface area contributed by atoms with Gasteiger partial charge in [0.2, 0.25) is 5.91 Å². The van der Waals surface area contributed by atoms with E-state index >= 15 is 0 Å². The Balaban J connectivity index is 1.45. The van der Waals surface area contributed by atoms with Crippen LogP contribution in [0.1, 0.15) is 78.6 Å². The molecule has 6 atom stereocenters. The monoisotopic (exact) mass is 427 g/mol. The molecule has 162 valence electrons. The van der Waals surface area contributed by atoms with Gasteiger partial charge >= 0.3 is 0 Å². The minimum absolute atomic E-state index is 0.0797. The summed E-state index contributed by atoms with van der Waals surface area (Å²) in [4.78, 5) is 26.5. The average molecular weight is 428 g/mol. The Bertz CT molecular complexity index is 897. The zero-order chi connectivity index (χ0) is 21.4. The molecule has 1 spiro atoms. The van der Waals surface area contributed by atoms with Gasteiger partial charge in [0.05, 0.1) is 5.41 Å². The summed E-state index contributed by atoms with van der Waals surface area (Å²) in [6, 6.07) is 7.41. The van der Waals surface area contributed by atoms with E-state index in [1.54, 1.807) is 0 Å². The Labute approximate surface area is 185 Å². The van der Waals surface area contributed by atoms with Gasteiger partial charge in [-0.05, 0) is 91.9 Å². The molecule has 0 aliphatic heterocycles. The first-order chi connectivity index (χ1) is 14.1. The van der Waals surface area contributed by atoms with Crippen molar-refractivity contribution >= 4 is 29.0 Å². The van der Waals surface area contributed by atoms with E-state index in [1.807, 2.05) is 24.3 Å². The summed E-state index contributed by atoms with van der Waals surface area (Å²) >= 11 is 6.01. The van der Waals surface area contributed by atoms with E-state index in [4.69, 9.17) is 11.6 Å². The van der Waals surface area contributed by atoms with E-state index < -0.39 is 0 Å². The van der Waals surface area contributed by atoms with Crippen molar-refractivity contribution in [2.75, 3.05) is 5.32 Å². The number of ketones is 1. The fraction of sp³-hybridized carbons (Fsp3) is 0.692. The van der Waals surface area contributed by atoms with Crippen LogP contribution in [0.25, 0.3) is 0 Å². The largest absolute Gasteiger partial charge is 0.326 e. The van der Waals surface area contributed by atoms with Crippen LogP contribution in [-0.2, 0) is 9.59 Å². The lowest BCUT2D eigenvalue weighted by molar-refractivity contribution is -0.166. The van der Waals surface area contributed by atoms with E-state index in [-0.39, 0.29) is 27.6 Å². The lowest BCUT2D eigenvalue weighted by Crippen LogP contribution is -2.59. The molecule has 4 saturated carbocycles. The first-order valence-corrected chi connectivity index (χ1v) is 12.1. The van der Waals surface area contributed by atoms with Gasteiger partial charge < -0.3 is 5.32 Å². The molecule has 4 aliphatic rings. The number of halogens is 1. The maximum absolute atomic E-state index is 13.6. The van der Waals surface area contributed by atoms with Crippen molar-refractivity contribution in [1.82, 2.24) is 0 Å². The van der Waals surface area contributed by atoms with Gasteiger partial charge in [-0.25, -0.2) is 0 Å². The normalized spacial score (nSPS) is 44.9. The van der Waals surface area contributed by atoms with Gasteiger partial charge in [0.15, 0.2) is 0 Å². The lowest BCUT2D eigenvalue weighted by atomic mass is 9.40. The molecule has 30 heavy (non-hydrogen) atoms. The van der Waals surface area contributed by atoms with Crippen LogP contribution in [0.15, 0.2) is 24.3 Å². The fourth-order valence-corrected chi connectivity index (χ4v) is 8.71. The minimum atomic E-state index is -0.363. The van der Waals surface area contributed by atoms with Gasteiger partial charge in [0.25, 0.3) is 0 Å². The molecule has 4 heteroatoms. The molecular formula is C26H34ClNO2. The second-order valence-corrected chi connectivity index (χ2v) is 12.1. The highest BCUT2D eigenvalue weighted by atomic mass is 35.5. The molecule has 0 heterocycles. The van der Waals surface area contributed by atoms with Crippen LogP contribution in [0.2, 0.25) is 5.02 Å². The Hall–Kier alpha value is -1.35. The fourth-order valence-electron chi connectivity index (χ4n) is 8.58. The summed E-state index contributed by atoms with van der Waals surface area (Å²) in [5, 5.41) is 3.87. The zero-order valence-electron chi connectivity index (χ0n) is 18.5. The highest BCUT2D eigenvalue weighted by molar-refractivity contribution is 6.30. The molecule has 1 amide bonds. The van der Waals surface area contributed by atoms with Crippen molar-refractivity contribution in [2.24, 2.45) is 33.5 Å².